The number of thiazole rings is 1. The van der Waals surface area contributed by atoms with Crippen LogP contribution in [0.1, 0.15) is 5.56 Å². The first kappa shape index (κ1) is 10.4. The van der Waals surface area contributed by atoms with Crippen LogP contribution in [-0.4, -0.2) is 4.98 Å². The lowest BCUT2D eigenvalue weighted by molar-refractivity contribution is 0.631. The minimum absolute atomic E-state index is 0.218. The standard InChI is InChI=1S/C14H10FNS/c1-9-5-4-8-12-13(9)16-14(17-12)10-6-2-3-7-11(10)15/h2-8H,1H3. The molecular formula is C14H10FNS. The minimum Gasteiger partial charge on any atom is -0.236 e. The maximum absolute atomic E-state index is 13.7. The molecule has 2 aromatic carbocycles. The average Bonchev–Trinajstić information content (AvgIpc) is 2.75. The number of halogens is 1. The highest BCUT2D eigenvalue weighted by atomic mass is 32.1. The Morgan fingerprint density at radius 1 is 1.06 bits per heavy atom. The largest absolute Gasteiger partial charge is 0.236 e. The zero-order valence-corrected chi connectivity index (χ0v) is 10.1. The second-order valence-electron chi connectivity index (χ2n) is 3.92. The number of rotatable bonds is 1. The number of aromatic nitrogens is 1. The maximum Gasteiger partial charge on any atom is 0.133 e. The van der Waals surface area contributed by atoms with Gasteiger partial charge in [-0.15, -0.1) is 11.3 Å². The summed E-state index contributed by atoms with van der Waals surface area (Å²) in [5, 5.41) is 0.743. The van der Waals surface area contributed by atoms with E-state index in [2.05, 4.69) is 4.98 Å². The van der Waals surface area contributed by atoms with Gasteiger partial charge in [0.1, 0.15) is 10.8 Å². The maximum atomic E-state index is 13.7. The molecule has 1 heterocycles. The summed E-state index contributed by atoms with van der Waals surface area (Å²) < 4.78 is 14.8. The summed E-state index contributed by atoms with van der Waals surface area (Å²) in [6.45, 7) is 2.02. The number of nitrogens with zero attached hydrogens (tertiary/aromatic N) is 1. The highest BCUT2D eigenvalue weighted by Gasteiger charge is 2.10. The molecule has 1 nitrogen and oxygen atoms in total. The number of aryl methyl sites for hydroxylation is 1. The van der Waals surface area contributed by atoms with Crippen LogP contribution in [0.4, 0.5) is 4.39 Å². The zero-order chi connectivity index (χ0) is 11.8. The highest BCUT2D eigenvalue weighted by molar-refractivity contribution is 7.21. The quantitative estimate of drug-likeness (QED) is 0.617. The Kier molecular flexibility index (Phi) is 2.41. The third-order valence-electron chi connectivity index (χ3n) is 2.72. The van der Waals surface area contributed by atoms with Crippen molar-refractivity contribution < 1.29 is 4.39 Å². The van der Waals surface area contributed by atoms with E-state index in [1.165, 1.54) is 17.4 Å². The minimum atomic E-state index is -0.218. The Morgan fingerprint density at radius 3 is 2.65 bits per heavy atom. The molecular weight excluding hydrogens is 233 g/mol. The Labute approximate surface area is 103 Å². The van der Waals surface area contributed by atoms with E-state index in [-0.39, 0.29) is 5.82 Å². The summed E-state index contributed by atoms with van der Waals surface area (Å²) in [5.74, 6) is -0.218. The molecule has 0 aliphatic carbocycles. The molecule has 0 aliphatic rings. The molecule has 0 bridgehead atoms. The predicted molar refractivity (Wildman–Crippen MR) is 69.8 cm³/mol. The topological polar surface area (TPSA) is 12.9 Å². The molecule has 0 aliphatic heterocycles. The monoisotopic (exact) mass is 243 g/mol. The second kappa shape index (κ2) is 3.93. The molecule has 0 saturated heterocycles. The molecule has 0 fully saturated rings. The summed E-state index contributed by atoms with van der Waals surface area (Å²) in [6, 6.07) is 12.8. The lowest BCUT2D eigenvalue weighted by Crippen LogP contribution is -1.82. The van der Waals surface area contributed by atoms with E-state index in [1.54, 1.807) is 12.1 Å². The Balaban J connectivity index is 2.26. The van der Waals surface area contributed by atoms with Crippen molar-refractivity contribution in [1.29, 1.82) is 0 Å². The van der Waals surface area contributed by atoms with Gasteiger partial charge in [0.15, 0.2) is 0 Å². The van der Waals surface area contributed by atoms with Crippen molar-refractivity contribution in [2.75, 3.05) is 0 Å². The van der Waals surface area contributed by atoms with Gasteiger partial charge < -0.3 is 0 Å². The molecule has 84 valence electrons. The van der Waals surface area contributed by atoms with Crippen LogP contribution in [0.5, 0.6) is 0 Å². The first-order chi connectivity index (χ1) is 8.25. The van der Waals surface area contributed by atoms with Gasteiger partial charge >= 0.3 is 0 Å². The lowest BCUT2D eigenvalue weighted by Gasteiger charge is -1.96. The molecule has 1 aromatic heterocycles. The van der Waals surface area contributed by atoms with Crippen molar-refractivity contribution in [2.24, 2.45) is 0 Å². The second-order valence-corrected chi connectivity index (χ2v) is 4.95. The molecule has 0 N–H and O–H groups in total. The normalized spacial score (nSPS) is 10.9. The fourth-order valence-electron chi connectivity index (χ4n) is 1.84. The van der Waals surface area contributed by atoms with E-state index >= 15 is 0 Å². The van der Waals surface area contributed by atoms with Gasteiger partial charge in [-0.3, -0.25) is 0 Å². The van der Waals surface area contributed by atoms with Gasteiger partial charge in [-0.1, -0.05) is 24.3 Å². The van der Waals surface area contributed by atoms with E-state index in [0.717, 1.165) is 20.8 Å². The number of fused-ring (bicyclic) bond motifs is 1. The first-order valence-electron chi connectivity index (χ1n) is 5.37. The Bertz CT molecular complexity index is 688. The first-order valence-corrected chi connectivity index (χ1v) is 6.18. The molecule has 0 radical (unpaired) electrons. The summed E-state index contributed by atoms with van der Waals surface area (Å²) in [4.78, 5) is 4.52. The zero-order valence-electron chi connectivity index (χ0n) is 9.27. The third-order valence-corrected chi connectivity index (χ3v) is 3.78. The lowest BCUT2D eigenvalue weighted by atomic mass is 10.2. The highest BCUT2D eigenvalue weighted by Crippen LogP contribution is 2.32. The van der Waals surface area contributed by atoms with Gasteiger partial charge in [0.25, 0.3) is 0 Å². The van der Waals surface area contributed by atoms with Crippen LogP contribution in [0.3, 0.4) is 0 Å². The van der Waals surface area contributed by atoms with Crippen molar-refractivity contribution in [2.45, 2.75) is 6.92 Å². The predicted octanol–water partition coefficient (Wildman–Crippen LogP) is 4.41. The average molecular weight is 243 g/mol. The van der Waals surface area contributed by atoms with Crippen LogP contribution >= 0.6 is 11.3 Å². The van der Waals surface area contributed by atoms with Gasteiger partial charge in [0, 0.05) is 5.56 Å². The van der Waals surface area contributed by atoms with Crippen molar-refractivity contribution in [3.8, 4) is 10.6 Å². The molecule has 0 unspecified atom stereocenters. The Morgan fingerprint density at radius 2 is 1.88 bits per heavy atom. The molecule has 0 atom stereocenters. The van der Waals surface area contributed by atoms with Crippen LogP contribution in [0, 0.1) is 12.7 Å². The van der Waals surface area contributed by atoms with Crippen LogP contribution in [0.2, 0.25) is 0 Å². The van der Waals surface area contributed by atoms with Crippen LogP contribution in [0.25, 0.3) is 20.8 Å². The summed E-state index contributed by atoms with van der Waals surface area (Å²) in [5.41, 5.74) is 2.67. The number of hydrogen-bond donors (Lipinski definition) is 0. The van der Waals surface area contributed by atoms with Crippen LogP contribution in [-0.2, 0) is 0 Å². The van der Waals surface area contributed by atoms with Gasteiger partial charge in [-0.05, 0) is 30.7 Å². The molecule has 3 aromatic rings. The Hall–Kier alpha value is -1.74. The SMILES string of the molecule is Cc1cccc2sc(-c3ccccc3F)nc12. The number of hydrogen-bond acceptors (Lipinski definition) is 2. The van der Waals surface area contributed by atoms with Crippen molar-refractivity contribution in [3.05, 3.63) is 53.8 Å². The molecule has 0 amide bonds. The van der Waals surface area contributed by atoms with E-state index < -0.39 is 0 Å². The van der Waals surface area contributed by atoms with Gasteiger partial charge in [0.05, 0.1) is 10.2 Å². The van der Waals surface area contributed by atoms with E-state index in [9.17, 15) is 4.39 Å². The smallest absolute Gasteiger partial charge is 0.133 e. The van der Waals surface area contributed by atoms with Crippen molar-refractivity contribution >= 4 is 21.6 Å². The van der Waals surface area contributed by atoms with Gasteiger partial charge in [-0.2, -0.15) is 0 Å². The van der Waals surface area contributed by atoms with E-state index in [4.69, 9.17) is 0 Å². The van der Waals surface area contributed by atoms with Gasteiger partial charge in [0.2, 0.25) is 0 Å². The fourth-order valence-corrected chi connectivity index (χ4v) is 2.91. The van der Waals surface area contributed by atoms with Crippen molar-refractivity contribution in [1.82, 2.24) is 4.98 Å². The van der Waals surface area contributed by atoms with Gasteiger partial charge in [-0.25, -0.2) is 9.37 Å². The molecule has 17 heavy (non-hydrogen) atoms. The van der Waals surface area contributed by atoms with Crippen molar-refractivity contribution in [3.63, 3.8) is 0 Å². The summed E-state index contributed by atoms with van der Waals surface area (Å²) >= 11 is 1.53. The van der Waals surface area contributed by atoms with E-state index in [1.807, 2.05) is 31.2 Å². The van der Waals surface area contributed by atoms with Crippen LogP contribution in [0.15, 0.2) is 42.5 Å². The summed E-state index contributed by atoms with van der Waals surface area (Å²) in [7, 11) is 0. The molecule has 3 rings (SSSR count). The summed E-state index contributed by atoms with van der Waals surface area (Å²) in [6.07, 6.45) is 0. The number of para-hydroxylation sites is 1. The third kappa shape index (κ3) is 1.72. The fraction of sp³-hybridized carbons (Fsp3) is 0.0714. The molecule has 3 heteroatoms. The van der Waals surface area contributed by atoms with E-state index in [0.29, 0.717) is 5.56 Å². The molecule has 0 saturated carbocycles. The number of benzene rings is 2. The molecule has 0 spiro atoms. The van der Waals surface area contributed by atoms with Crippen LogP contribution < -0.4 is 0 Å².